The fourth-order valence-electron chi connectivity index (χ4n) is 4.28. The molecule has 0 aliphatic rings. The number of anilines is 1. The van der Waals surface area contributed by atoms with Crippen LogP contribution in [0.3, 0.4) is 0 Å². The number of aryl methyl sites for hydroxylation is 1. The highest BCUT2D eigenvalue weighted by Crippen LogP contribution is 2.37. The Kier molecular flexibility index (Phi) is 7.25. The second-order valence-electron chi connectivity index (χ2n) is 8.46. The number of para-hydroxylation sites is 1. The quantitative estimate of drug-likeness (QED) is 0.180. The van der Waals surface area contributed by atoms with Crippen molar-refractivity contribution in [3.63, 3.8) is 0 Å². The molecule has 3 heterocycles. The van der Waals surface area contributed by atoms with Crippen LogP contribution in [0.4, 0.5) is 5.00 Å². The molecule has 0 bridgehead atoms. The summed E-state index contributed by atoms with van der Waals surface area (Å²) in [6, 6.07) is 19.7. The SMILES string of the molecule is CCOC(=O)c1c(-c2ccccc2)csc1NC(=O)C(CC)Sc1nnc2cc(C)c3ccccc3n12. The van der Waals surface area contributed by atoms with Crippen LogP contribution in [0.5, 0.6) is 0 Å². The fourth-order valence-corrected chi connectivity index (χ4v) is 6.21. The van der Waals surface area contributed by atoms with Crippen molar-refractivity contribution in [2.45, 2.75) is 37.6 Å². The molecular weight excluding hydrogens is 504 g/mol. The van der Waals surface area contributed by atoms with Gasteiger partial charge in [-0.3, -0.25) is 9.20 Å². The molecule has 1 amide bonds. The summed E-state index contributed by atoms with van der Waals surface area (Å²) < 4.78 is 7.32. The molecular formula is C28H26N4O3S2. The average molecular weight is 531 g/mol. The van der Waals surface area contributed by atoms with E-state index in [2.05, 4.69) is 28.5 Å². The predicted molar refractivity (Wildman–Crippen MR) is 150 cm³/mol. The van der Waals surface area contributed by atoms with E-state index in [4.69, 9.17) is 4.74 Å². The molecule has 188 valence electrons. The lowest BCUT2D eigenvalue weighted by molar-refractivity contribution is -0.115. The van der Waals surface area contributed by atoms with Crippen molar-refractivity contribution in [1.82, 2.24) is 14.6 Å². The number of nitrogens with zero attached hydrogens (tertiary/aromatic N) is 3. The van der Waals surface area contributed by atoms with Crippen molar-refractivity contribution in [1.29, 1.82) is 0 Å². The van der Waals surface area contributed by atoms with Crippen LogP contribution in [0, 0.1) is 6.92 Å². The van der Waals surface area contributed by atoms with E-state index in [-0.39, 0.29) is 12.5 Å². The highest BCUT2D eigenvalue weighted by molar-refractivity contribution is 8.00. The summed E-state index contributed by atoms with van der Waals surface area (Å²) >= 11 is 2.69. The van der Waals surface area contributed by atoms with E-state index in [0.717, 1.165) is 33.2 Å². The molecule has 37 heavy (non-hydrogen) atoms. The van der Waals surface area contributed by atoms with E-state index >= 15 is 0 Å². The van der Waals surface area contributed by atoms with E-state index in [1.54, 1.807) is 6.92 Å². The van der Waals surface area contributed by atoms with E-state index in [9.17, 15) is 9.59 Å². The molecule has 0 aliphatic carbocycles. The molecule has 7 nitrogen and oxygen atoms in total. The van der Waals surface area contributed by atoms with Crippen LogP contribution >= 0.6 is 23.1 Å². The second-order valence-corrected chi connectivity index (χ2v) is 10.5. The lowest BCUT2D eigenvalue weighted by atomic mass is 10.0. The molecule has 0 fully saturated rings. The number of aromatic nitrogens is 3. The molecule has 1 unspecified atom stereocenters. The highest BCUT2D eigenvalue weighted by atomic mass is 32.2. The number of amides is 1. The van der Waals surface area contributed by atoms with Crippen LogP contribution < -0.4 is 5.32 Å². The van der Waals surface area contributed by atoms with Gasteiger partial charge >= 0.3 is 5.97 Å². The Balaban J connectivity index is 1.46. The third-order valence-electron chi connectivity index (χ3n) is 6.08. The summed E-state index contributed by atoms with van der Waals surface area (Å²) in [5.74, 6) is -0.656. The van der Waals surface area contributed by atoms with Crippen molar-refractivity contribution >= 4 is 56.5 Å². The van der Waals surface area contributed by atoms with Crippen LogP contribution in [-0.4, -0.2) is 38.3 Å². The van der Waals surface area contributed by atoms with Crippen molar-refractivity contribution in [3.05, 3.63) is 77.2 Å². The normalized spacial score (nSPS) is 12.1. The van der Waals surface area contributed by atoms with E-state index < -0.39 is 11.2 Å². The number of pyridine rings is 1. The largest absolute Gasteiger partial charge is 0.462 e. The maximum atomic E-state index is 13.5. The van der Waals surface area contributed by atoms with Crippen LogP contribution in [0.25, 0.3) is 27.7 Å². The predicted octanol–water partition coefficient (Wildman–Crippen LogP) is 6.61. The lowest BCUT2D eigenvalue weighted by Crippen LogP contribution is -2.25. The maximum absolute atomic E-state index is 13.5. The number of benzene rings is 2. The first-order valence-electron chi connectivity index (χ1n) is 12.1. The zero-order valence-electron chi connectivity index (χ0n) is 20.7. The average Bonchev–Trinajstić information content (AvgIpc) is 3.52. The second kappa shape index (κ2) is 10.7. The minimum absolute atomic E-state index is 0.201. The molecule has 2 aromatic carbocycles. The van der Waals surface area contributed by atoms with Crippen LogP contribution in [-0.2, 0) is 9.53 Å². The molecule has 0 aliphatic heterocycles. The molecule has 5 rings (SSSR count). The Morgan fingerprint density at radius 2 is 1.84 bits per heavy atom. The van der Waals surface area contributed by atoms with Gasteiger partial charge in [0.2, 0.25) is 5.91 Å². The molecule has 9 heteroatoms. The Morgan fingerprint density at radius 3 is 2.59 bits per heavy atom. The van der Waals surface area contributed by atoms with Crippen molar-refractivity contribution < 1.29 is 14.3 Å². The molecule has 0 radical (unpaired) electrons. The standard InChI is InChI=1S/C28H26N4O3S2/c1-4-22(37-28-31-30-23-15-17(3)19-13-9-10-14-21(19)32(23)28)25(33)29-26-24(27(34)35-5-2)20(16-36-26)18-11-7-6-8-12-18/h6-16,22H,4-5H2,1-3H3,(H,29,33). The van der Waals surface area contributed by atoms with Crippen molar-refractivity contribution in [2.24, 2.45) is 0 Å². The molecule has 1 N–H and O–H groups in total. The highest BCUT2D eigenvalue weighted by Gasteiger charge is 2.27. The Morgan fingerprint density at radius 1 is 1.08 bits per heavy atom. The Labute approximate surface area is 222 Å². The van der Waals surface area contributed by atoms with Crippen LogP contribution in [0.2, 0.25) is 0 Å². The van der Waals surface area contributed by atoms with Gasteiger partial charge in [0.05, 0.1) is 17.4 Å². The van der Waals surface area contributed by atoms with Gasteiger partial charge in [0.25, 0.3) is 0 Å². The van der Waals surface area contributed by atoms with E-state index in [1.165, 1.54) is 23.1 Å². The van der Waals surface area contributed by atoms with Gasteiger partial charge in [0.1, 0.15) is 10.6 Å². The van der Waals surface area contributed by atoms with E-state index in [0.29, 0.717) is 22.1 Å². The summed E-state index contributed by atoms with van der Waals surface area (Å²) in [7, 11) is 0. The third-order valence-corrected chi connectivity index (χ3v) is 8.28. The monoisotopic (exact) mass is 530 g/mol. The molecule has 0 saturated heterocycles. The van der Waals surface area contributed by atoms with Gasteiger partial charge in [0.15, 0.2) is 10.8 Å². The number of carbonyl (C=O) groups excluding carboxylic acids is 2. The summed E-state index contributed by atoms with van der Waals surface area (Å²) in [4.78, 5) is 26.4. The number of fused-ring (bicyclic) bond motifs is 3. The Hall–Kier alpha value is -3.69. The zero-order chi connectivity index (χ0) is 25.9. The smallest absolute Gasteiger partial charge is 0.341 e. The van der Waals surface area contributed by atoms with E-state index in [1.807, 2.05) is 71.3 Å². The van der Waals surface area contributed by atoms with Crippen molar-refractivity contribution in [2.75, 3.05) is 11.9 Å². The molecule has 3 aromatic heterocycles. The third kappa shape index (κ3) is 4.84. The van der Waals surface area contributed by atoms with Crippen LogP contribution in [0.1, 0.15) is 36.2 Å². The number of thioether (sulfide) groups is 1. The van der Waals surface area contributed by atoms with Gasteiger partial charge in [0, 0.05) is 16.3 Å². The summed E-state index contributed by atoms with van der Waals surface area (Å²) in [5, 5.41) is 15.4. The first kappa shape index (κ1) is 25.0. The lowest BCUT2D eigenvalue weighted by Gasteiger charge is -2.15. The molecule has 0 saturated carbocycles. The van der Waals surface area contributed by atoms with Gasteiger partial charge in [-0.1, -0.05) is 67.2 Å². The number of hydrogen-bond acceptors (Lipinski definition) is 7. The zero-order valence-corrected chi connectivity index (χ0v) is 22.4. The first-order chi connectivity index (χ1) is 18.0. The van der Waals surface area contributed by atoms with Crippen molar-refractivity contribution in [3.8, 4) is 11.1 Å². The van der Waals surface area contributed by atoms with Crippen LogP contribution in [0.15, 0.2) is 71.2 Å². The minimum Gasteiger partial charge on any atom is -0.462 e. The number of hydrogen-bond donors (Lipinski definition) is 1. The van der Waals surface area contributed by atoms with Gasteiger partial charge in [-0.25, -0.2) is 4.79 Å². The molecule has 1 atom stereocenters. The Bertz CT molecular complexity index is 1590. The fraction of sp³-hybridized carbons (Fsp3) is 0.214. The summed E-state index contributed by atoms with van der Waals surface area (Å²) in [5.41, 5.74) is 4.86. The van der Waals surface area contributed by atoms with Gasteiger partial charge in [-0.2, -0.15) is 0 Å². The number of esters is 1. The minimum atomic E-state index is -0.455. The first-order valence-corrected chi connectivity index (χ1v) is 13.8. The molecule has 0 spiro atoms. The topological polar surface area (TPSA) is 85.6 Å². The number of nitrogens with one attached hydrogen (secondary N) is 1. The maximum Gasteiger partial charge on any atom is 0.341 e. The van der Waals surface area contributed by atoms with Gasteiger partial charge in [-0.05, 0) is 43.5 Å². The van der Waals surface area contributed by atoms with Gasteiger partial charge < -0.3 is 10.1 Å². The molecule has 5 aromatic rings. The number of ether oxygens (including phenoxy) is 1. The van der Waals surface area contributed by atoms with Gasteiger partial charge in [-0.15, -0.1) is 21.5 Å². The summed E-state index contributed by atoms with van der Waals surface area (Å²) in [6.07, 6.45) is 0.570. The number of carbonyl (C=O) groups is 2. The number of thiophene rings is 1. The number of rotatable bonds is 8. The summed E-state index contributed by atoms with van der Waals surface area (Å²) in [6.45, 7) is 6.02.